The average molecular weight is 279 g/mol. The van der Waals surface area contributed by atoms with Gasteiger partial charge in [-0.05, 0) is 18.4 Å². The maximum Gasteiger partial charge on any atom is 0.254 e. The molecular weight excluding hydrogens is 258 g/mol. The van der Waals surface area contributed by atoms with Crippen LogP contribution >= 0.6 is 11.3 Å². The van der Waals surface area contributed by atoms with E-state index < -0.39 is 0 Å². The van der Waals surface area contributed by atoms with Gasteiger partial charge in [-0.15, -0.1) is 11.3 Å². The van der Waals surface area contributed by atoms with E-state index in [1.54, 1.807) is 4.90 Å². The van der Waals surface area contributed by atoms with Crippen LogP contribution in [-0.2, 0) is 0 Å². The summed E-state index contributed by atoms with van der Waals surface area (Å²) >= 11 is 1.47. The largest absolute Gasteiger partial charge is 0.395 e. The Kier molecular flexibility index (Phi) is 6.61. The van der Waals surface area contributed by atoms with Crippen molar-refractivity contribution in [3.05, 3.63) is 21.9 Å². The van der Waals surface area contributed by atoms with Crippen LogP contribution in [0.1, 0.15) is 41.9 Å². The summed E-state index contributed by atoms with van der Waals surface area (Å²) in [6, 6.07) is 1.82. The number of carbonyl (C=O) groups is 1. The monoisotopic (exact) mass is 279 g/mol. The second kappa shape index (κ2) is 7.98. The van der Waals surface area contributed by atoms with Crippen molar-refractivity contribution < 1.29 is 9.90 Å². The van der Waals surface area contributed by atoms with Crippen LogP contribution in [0.2, 0.25) is 0 Å². The van der Waals surface area contributed by atoms with Crippen LogP contribution in [0.3, 0.4) is 0 Å². The van der Waals surface area contributed by atoms with Gasteiger partial charge < -0.3 is 10.0 Å². The standard InChI is InChI=1S/C15H21NO2S/c1-12(2)7-8-16(3)15(18)13-10-14(19-11-13)6-4-5-9-17/h10-12,17H,5,7-9H2,1-3H3. The predicted octanol–water partition coefficient (Wildman–Crippen LogP) is 2.60. The third kappa shape index (κ3) is 5.46. The molecular formula is C15H21NO2S. The molecule has 0 atom stereocenters. The molecule has 1 rings (SSSR count). The molecule has 0 aliphatic heterocycles. The van der Waals surface area contributed by atoms with Crippen molar-refractivity contribution in [1.82, 2.24) is 4.90 Å². The van der Waals surface area contributed by atoms with Gasteiger partial charge in [0.15, 0.2) is 0 Å². The maximum atomic E-state index is 12.1. The topological polar surface area (TPSA) is 40.5 Å². The van der Waals surface area contributed by atoms with E-state index in [2.05, 4.69) is 25.7 Å². The van der Waals surface area contributed by atoms with Gasteiger partial charge in [0, 0.05) is 25.4 Å². The van der Waals surface area contributed by atoms with Crippen LogP contribution in [0.5, 0.6) is 0 Å². The van der Waals surface area contributed by atoms with Crippen molar-refractivity contribution in [1.29, 1.82) is 0 Å². The number of rotatable bonds is 5. The number of aliphatic hydroxyl groups is 1. The number of hydrogen-bond donors (Lipinski definition) is 1. The summed E-state index contributed by atoms with van der Waals surface area (Å²) in [5.74, 6) is 6.45. The second-order valence-corrected chi connectivity index (χ2v) is 5.80. The normalized spacial score (nSPS) is 10.2. The summed E-state index contributed by atoms with van der Waals surface area (Å²) in [6.07, 6.45) is 1.48. The Bertz CT molecular complexity index is 468. The van der Waals surface area contributed by atoms with Crippen LogP contribution < -0.4 is 0 Å². The van der Waals surface area contributed by atoms with Gasteiger partial charge >= 0.3 is 0 Å². The van der Waals surface area contributed by atoms with E-state index in [9.17, 15) is 4.79 Å². The number of aliphatic hydroxyl groups excluding tert-OH is 1. The molecule has 1 aromatic rings. The molecule has 0 aliphatic rings. The fourth-order valence-corrected chi connectivity index (χ4v) is 2.24. The molecule has 1 aromatic heterocycles. The van der Waals surface area contributed by atoms with Crippen molar-refractivity contribution in [3.8, 4) is 11.8 Å². The molecule has 1 amide bonds. The lowest BCUT2D eigenvalue weighted by atomic mass is 10.1. The third-order valence-electron chi connectivity index (χ3n) is 2.68. The Morgan fingerprint density at radius 1 is 1.53 bits per heavy atom. The first-order valence-corrected chi connectivity index (χ1v) is 7.36. The van der Waals surface area contributed by atoms with Crippen LogP contribution in [0.15, 0.2) is 11.4 Å². The van der Waals surface area contributed by atoms with Crippen molar-refractivity contribution in [2.45, 2.75) is 26.7 Å². The van der Waals surface area contributed by atoms with E-state index in [-0.39, 0.29) is 12.5 Å². The molecule has 0 aromatic carbocycles. The van der Waals surface area contributed by atoms with Gasteiger partial charge in [0.1, 0.15) is 0 Å². The van der Waals surface area contributed by atoms with Crippen LogP contribution in [0, 0.1) is 17.8 Å². The highest BCUT2D eigenvalue weighted by molar-refractivity contribution is 7.10. The van der Waals surface area contributed by atoms with Crippen molar-refractivity contribution >= 4 is 17.2 Å². The first kappa shape index (κ1) is 15.7. The zero-order valence-corrected chi connectivity index (χ0v) is 12.6. The summed E-state index contributed by atoms with van der Waals surface area (Å²) in [5.41, 5.74) is 0.699. The van der Waals surface area contributed by atoms with Gasteiger partial charge in [-0.25, -0.2) is 0 Å². The number of amides is 1. The van der Waals surface area contributed by atoms with E-state index >= 15 is 0 Å². The predicted molar refractivity (Wildman–Crippen MR) is 79.3 cm³/mol. The highest BCUT2D eigenvalue weighted by atomic mass is 32.1. The number of carbonyl (C=O) groups excluding carboxylic acids is 1. The van der Waals surface area contributed by atoms with Gasteiger partial charge in [-0.2, -0.15) is 0 Å². The van der Waals surface area contributed by atoms with Crippen LogP contribution in [0.25, 0.3) is 0 Å². The van der Waals surface area contributed by atoms with Gasteiger partial charge in [0.25, 0.3) is 5.91 Å². The van der Waals surface area contributed by atoms with Crippen LogP contribution in [-0.4, -0.2) is 36.1 Å². The molecule has 19 heavy (non-hydrogen) atoms. The highest BCUT2D eigenvalue weighted by Crippen LogP contribution is 2.15. The van der Waals surface area contributed by atoms with Crippen molar-refractivity contribution in [3.63, 3.8) is 0 Å². The minimum Gasteiger partial charge on any atom is -0.395 e. The SMILES string of the molecule is CC(C)CCN(C)C(=O)c1csc(C#CCCO)c1. The molecule has 0 spiro atoms. The van der Waals surface area contributed by atoms with Crippen LogP contribution in [0.4, 0.5) is 0 Å². The van der Waals surface area contributed by atoms with Gasteiger partial charge in [0.05, 0.1) is 17.0 Å². The summed E-state index contributed by atoms with van der Waals surface area (Å²) in [5, 5.41) is 10.5. The number of hydrogen-bond acceptors (Lipinski definition) is 3. The van der Waals surface area contributed by atoms with Gasteiger partial charge in [-0.3, -0.25) is 4.79 Å². The molecule has 1 heterocycles. The summed E-state index contributed by atoms with van der Waals surface area (Å²) in [6.45, 7) is 5.15. The van der Waals surface area contributed by atoms with E-state index in [1.165, 1.54) is 11.3 Å². The smallest absolute Gasteiger partial charge is 0.254 e. The Hall–Kier alpha value is -1.31. The molecule has 0 radical (unpaired) electrons. The zero-order chi connectivity index (χ0) is 14.3. The van der Waals surface area contributed by atoms with Gasteiger partial charge in [-0.1, -0.05) is 25.7 Å². The number of nitrogens with zero attached hydrogens (tertiary/aromatic N) is 1. The Labute approximate surface area is 119 Å². The average Bonchev–Trinajstić information content (AvgIpc) is 2.84. The third-order valence-corrected chi connectivity index (χ3v) is 3.53. The molecule has 0 fully saturated rings. The zero-order valence-electron chi connectivity index (χ0n) is 11.8. The highest BCUT2D eigenvalue weighted by Gasteiger charge is 2.13. The minimum atomic E-state index is 0.0482. The minimum absolute atomic E-state index is 0.0482. The molecule has 3 nitrogen and oxygen atoms in total. The molecule has 0 saturated heterocycles. The van der Waals surface area contributed by atoms with Gasteiger partial charge in [0.2, 0.25) is 0 Å². The lowest BCUT2D eigenvalue weighted by molar-refractivity contribution is 0.0789. The van der Waals surface area contributed by atoms with E-state index in [0.717, 1.165) is 17.8 Å². The molecule has 4 heteroatoms. The Morgan fingerprint density at radius 2 is 2.26 bits per heavy atom. The fourth-order valence-electron chi connectivity index (χ4n) is 1.49. The van der Waals surface area contributed by atoms with E-state index in [4.69, 9.17) is 5.11 Å². The van der Waals surface area contributed by atoms with E-state index in [1.807, 2.05) is 18.5 Å². The van der Waals surface area contributed by atoms with E-state index in [0.29, 0.717) is 17.9 Å². The van der Waals surface area contributed by atoms with Crippen molar-refractivity contribution in [2.24, 2.45) is 5.92 Å². The molecule has 1 N–H and O–H groups in total. The number of thiophene rings is 1. The summed E-state index contributed by atoms with van der Waals surface area (Å²) < 4.78 is 0. The Balaban J connectivity index is 2.60. The lowest BCUT2D eigenvalue weighted by Crippen LogP contribution is -2.28. The molecule has 104 valence electrons. The first-order chi connectivity index (χ1) is 9.04. The first-order valence-electron chi connectivity index (χ1n) is 6.48. The summed E-state index contributed by atoms with van der Waals surface area (Å²) in [4.78, 5) is 14.8. The second-order valence-electron chi connectivity index (χ2n) is 4.88. The molecule has 0 saturated carbocycles. The summed E-state index contributed by atoms with van der Waals surface area (Å²) in [7, 11) is 1.83. The maximum absolute atomic E-state index is 12.1. The van der Waals surface area contributed by atoms with Crippen molar-refractivity contribution in [2.75, 3.05) is 20.2 Å². The molecule has 0 aliphatic carbocycles. The Morgan fingerprint density at radius 3 is 2.89 bits per heavy atom. The quantitative estimate of drug-likeness (QED) is 0.842. The molecule has 0 unspecified atom stereocenters. The fraction of sp³-hybridized carbons (Fsp3) is 0.533. The lowest BCUT2D eigenvalue weighted by Gasteiger charge is -2.17. The molecule has 0 bridgehead atoms.